The van der Waals surface area contributed by atoms with E-state index in [4.69, 9.17) is 0 Å². The normalized spacial score (nSPS) is 18.3. The van der Waals surface area contributed by atoms with Gasteiger partial charge in [0.1, 0.15) is 0 Å². The maximum Gasteiger partial charge on any atom is 0.163 e. The van der Waals surface area contributed by atoms with E-state index in [1.54, 1.807) is 0 Å². The Morgan fingerprint density at radius 2 is 1.72 bits per heavy atom. The molecule has 0 aliphatic heterocycles. The first-order valence-corrected chi connectivity index (χ1v) is 7.15. The van der Waals surface area contributed by atoms with Gasteiger partial charge >= 0.3 is 0 Å². The minimum Gasteiger partial charge on any atom is -0.294 e. The van der Waals surface area contributed by atoms with E-state index in [9.17, 15) is 4.79 Å². The molecule has 98 valence electrons. The van der Waals surface area contributed by atoms with E-state index in [0.29, 0.717) is 12.2 Å². The van der Waals surface area contributed by atoms with Crippen LogP contribution in [-0.4, -0.2) is 5.78 Å². The molecule has 0 aromatic heterocycles. The summed E-state index contributed by atoms with van der Waals surface area (Å²) >= 11 is 0. The van der Waals surface area contributed by atoms with E-state index in [2.05, 4.69) is 39.8 Å². The summed E-state index contributed by atoms with van der Waals surface area (Å²) in [5.41, 5.74) is 5.15. The molecular formula is C17H24O. The summed E-state index contributed by atoms with van der Waals surface area (Å²) in [7, 11) is 0. The monoisotopic (exact) mass is 244 g/mol. The number of aryl methyl sites for hydroxylation is 2. The molecule has 1 aromatic rings. The lowest BCUT2D eigenvalue weighted by molar-refractivity contribution is 0.0933. The van der Waals surface area contributed by atoms with E-state index in [1.807, 2.05) is 0 Å². The van der Waals surface area contributed by atoms with Gasteiger partial charge in [0, 0.05) is 12.0 Å². The molecule has 0 saturated heterocycles. The van der Waals surface area contributed by atoms with Crippen LogP contribution in [0.3, 0.4) is 0 Å². The average Bonchev–Trinajstić information content (AvgIpc) is 2.45. The van der Waals surface area contributed by atoms with Gasteiger partial charge in [-0.25, -0.2) is 0 Å². The van der Waals surface area contributed by atoms with Crippen LogP contribution in [0, 0.1) is 5.41 Å². The quantitative estimate of drug-likeness (QED) is 0.707. The van der Waals surface area contributed by atoms with Crippen molar-refractivity contribution in [1.82, 2.24) is 0 Å². The van der Waals surface area contributed by atoms with Gasteiger partial charge in [0.2, 0.25) is 0 Å². The fourth-order valence-electron chi connectivity index (χ4n) is 3.07. The van der Waals surface area contributed by atoms with Gasteiger partial charge < -0.3 is 0 Å². The Bertz CT molecular complexity index is 469. The number of carbonyl (C=O) groups excluding carboxylic acids is 1. The van der Waals surface area contributed by atoms with Crippen molar-refractivity contribution < 1.29 is 4.79 Å². The van der Waals surface area contributed by atoms with Gasteiger partial charge in [0.15, 0.2) is 5.78 Å². The molecule has 0 fully saturated rings. The van der Waals surface area contributed by atoms with E-state index in [0.717, 1.165) is 31.2 Å². The Morgan fingerprint density at radius 1 is 1.11 bits per heavy atom. The first-order valence-electron chi connectivity index (χ1n) is 7.15. The highest BCUT2D eigenvalue weighted by atomic mass is 16.1. The van der Waals surface area contributed by atoms with Crippen LogP contribution in [0.4, 0.5) is 0 Å². The van der Waals surface area contributed by atoms with Crippen molar-refractivity contribution in [3.8, 4) is 0 Å². The second-order valence-corrected chi connectivity index (χ2v) is 6.21. The number of ketones is 1. The molecule has 1 aromatic carbocycles. The molecule has 1 nitrogen and oxygen atoms in total. The van der Waals surface area contributed by atoms with Crippen LogP contribution in [0.1, 0.15) is 67.6 Å². The first kappa shape index (κ1) is 13.3. The van der Waals surface area contributed by atoms with Crippen molar-refractivity contribution >= 4 is 5.78 Å². The predicted molar refractivity (Wildman–Crippen MR) is 76.2 cm³/mol. The van der Waals surface area contributed by atoms with Crippen LogP contribution < -0.4 is 0 Å². The number of benzene rings is 1. The van der Waals surface area contributed by atoms with Crippen LogP contribution in [0.25, 0.3) is 0 Å². The molecule has 0 unspecified atom stereocenters. The summed E-state index contributed by atoms with van der Waals surface area (Å²) in [6.07, 6.45) is 4.86. The summed E-state index contributed by atoms with van der Waals surface area (Å²) < 4.78 is 0. The molecule has 18 heavy (non-hydrogen) atoms. The summed E-state index contributed by atoms with van der Waals surface area (Å²) in [4.78, 5) is 12.6. The second kappa shape index (κ2) is 4.87. The molecule has 2 rings (SSSR count). The SMILES string of the molecule is CCc1ccc(CC)c2c1CCC(C)(C)CC2=O. The molecule has 1 aliphatic rings. The van der Waals surface area contributed by atoms with E-state index < -0.39 is 0 Å². The Balaban J connectivity index is 2.59. The number of hydrogen-bond acceptors (Lipinski definition) is 1. The topological polar surface area (TPSA) is 17.1 Å². The van der Waals surface area contributed by atoms with Crippen molar-refractivity contribution in [1.29, 1.82) is 0 Å². The molecular weight excluding hydrogens is 220 g/mol. The minimum atomic E-state index is 0.145. The fraction of sp³-hybridized carbons (Fsp3) is 0.588. The lowest BCUT2D eigenvalue weighted by Crippen LogP contribution is -2.15. The lowest BCUT2D eigenvalue weighted by atomic mass is 9.84. The van der Waals surface area contributed by atoms with Crippen LogP contribution in [0.15, 0.2) is 12.1 Å². The van der Waals surface area contributed by atoms with Crippen molar-refractivity contribution in [3.05, 3.63) is 34.4 Å². The third-order valence-electron chi connectivity index (χ3n) is 4.23. The van der Waals surface area contributed by atoms with Gasteiger partial charge in [-0.2, -0.15) is 0 Å². The Kier molecular flexibility index (Phi) is 3.61. The number of hydrogen-bond donors (Lipinski definition) is 0. The Morgan fingerprint density at radius 3 is 2.33 bits per heavy atom. The van der Waals surface area contributed by atoms with Gasteiger partial charge in [-0.05, 0) is 47.8 Å². The number of fused-ring (bicyclic) bond motifs is 1. The number of Topliss-reactive ketones (excluding diaryl/α,β-unsaturated/α-hetero) is 1. The largest absolute Gasteiger partial charge is 0.294 e. The molecule has 0 bridgehead atoms. The summed E-state index contributed by atoms with van der Waals surface area (Å²) in [5, 5.41) is 0. The highest BCUT2D eigenvalue weighted by Gasteiger charge is 2.30. The van der Waals surface area contributed by atoms with E-state index >= 15 is 0 Å². The maximum atomic E-state index is 12.6. The molecule has 0 heterocycles. The van der Waals surface area contributed by atoms with Gasteiger partial charge in [-0.15, -0.1) is 0 Å². The van der Waals surface area contributed by atoms with E-state index in [1.165, 1.54) is 16.7 Å². The molecule has 0 N–H and O–H groups in total. The van der Waals surface area contributed by atoms with Gasteiger partial charge in [-0.1, -0.05) is 39.8 Å². The van der Waals surface area contributed by atoms with Crippen LogP contribution in [-0.2, 0) is 19.3 Å². The maximum absolute atomic E-state index is 12.6. The third kappa shape index (κ3) is 2.36. The standard InChI is InChI=1S/C17H24O/c1-5-12-7-8-13(6-2)16-14(12)9-10-17(3,4)11-15(16)18/h7-8H,5-6,9-11H2,1-4H3. The lowest BCUT2D eigenvalue weighted by Gasteiger charge is -2.20. The Labute approximate surface area is 111 Å². The molecule has 0 radical (unpaired) electrons. The van der Waals surface area contributed by atoms with Crippen LogP contribution >= 0.6 is 0 Å². The van der Waals surface area contributed by atoms with Gasteiger partial charge in [0.05, 0.1) is 0 Å². The van der Waals surface area contributed by atoms with Crippen molar-refractivity contribution in [2.24, 2.45) is 5.41 Å². The highest BCUT2D eigenvalue weighted by Crippen LogP contribution is 2.36. The minimum absolute atomic E-state index is 0.145. The zero-order valence-corrected chi connectivity index (χ0v) is 12.1. The molecule has 0 atom stereocenters. The van der Waals surface area contributed by atoms with Crippen molar-refractivity contribution in [3.63, 3.8) is 0 Å². The number of carbonyl (C=O) groups is 1. The zero-order valence-electron chi connectivity index (χ0n) is 12.1. The first-order chi connectivity index (χ1) is 8.48. The third-order valence-corrected chi connectivity index (χ3v) is 4.23. The van der Waals surface area contributed by atoms with Crippen molar-refractivity contribution in [2.75, 3.05) is 0 Å². The molecule has 1 aliphatic carbocycles. The molecule has 0 saturated carbocycles. The molecule has 0 spiro atoms. The van der Waals surface area contributed by atoms with Gasteiger partial charge in [0.25, 0.3) is 0 Å². The second-order valence-electron chi connectivity index (χ2n) is 6.21. The summed E-state index contributed by atoms with van der Waals surface area (Å²) in [5.74, 6) is 0.361. The fourth-order valence-corrected chi connectivity index (χ4v) is 3.07. The number of rotatable bonds is 2. The Hall–Kier alpha value is -1.11. The van der Waals surface area contributed by atoms with Crippen LogP contribution in [0.2, 0.25) is 0 Å². The molecule has 0 amide bonds. The average molecular weight is 244 g/mol. The molecule has 1 heteroatoms. The van der Waals surface area contributed by atoms with Crippen molar-refractivity contribution in [2.45, 2.75) is 59.8 Å². The summed E-state index contributed by atoms with van der Waals surface area (Å²) in [6, 6.07) is 4.39. The smallest absolute Gasteiger partial charge is 0.163 e. The highest BCUT2D eigenvalue weighted by molar-refractivity contribution is 6.00. The van der Waals surface area contributed by atoms with Crippen LogP contribution in [0.5, 0.6) is 0 Å². The van der Waals surface area contributed by atoms with E-state index in [-0.39, 0.29) is 5.41 Å². The zero-order chi connectivity index (χ0) is 13.3. The summed E-state index contributed by atoms with van der Waals surface area (Å²) in [6.45, 7) is 8.76. The van der Waals surface area contributed by atoms with Gasteiger partial charge in [-0.3, -0.25) is 4.79 Å². The predicted octanol–water partition coefficient (Wildman–Crippen LogP) is 4.36.